The maximum absolute atomic E-state index is 13.7. The first-order chi connectivity index (χ1) is 10.1. The summed E-state index contributed by atoms with van der Waals surface area (Å²) in [7, 11) is 0. The minimum absolute atomic E-state index is 0.122. The van der Waals surface area contributed by atoms with E-state index in [1.807, 2.05) is 0 Å². The van der Waals surface area contributed by atoms with Gasteiger partial charge in [-0.15, -0.1) is 0 Å². The molecule has 0 bridgehead atoms. The molecule has 0 aromatic heterocycles. The van der Waals surface area contributed by atoms with E-state index in [0.717, 1.165) is 19.3 Å². The van der Waals surface area contributed by atoms with E-state index < -0.39 is 17.5 Å². The average molecular weight is 298 g/mol. The van der Waals surface area contributed by atoms with Crippen LogP contribution in [-0.4, -0.2) is 12.4 Å². The number of benzene rings is 1. The number of nitrogen functional groups attached to an aromatic ring is 1. The third-order valence-corrected chi connectivity index (χ3v) is 3.34. The normalized spacial score (nSPS) is 10.6. The summed E-state index contributed by atoms with van der Waals surface area (Å²) in [4.78, 5) is 0. The second-order valence-electron chi connectivity index (χ2n) is 5.12. The highest BCUT2D eigenvalue weighted by atomic mass is 19.2. The SMILES string of the molecule is CCCCCCCCCOc1ccc(C(=N)N)c(F)c1F. The molecule has 0 unspecified atom stereocenters. The predicted octanol–water partition coefficient (Wildman–Crippen LogP) is 4.38. The van der Waals surface area contributed by atoms with Gasteiger partial charge in [-0.3, -0.25) is 5.41 Å². The lowest BCUT2D eigenvalue weighted by atomic mass is 10.1. The molecule has 1 rings (SSSR count). The molecule has 0 amide bonds. The lowest BCUT2D eigenvalue weighted by Crippen LogP contribution is -2.14. The molecule has 1 aromatic rings. The molecule has 0 fully saturated rings. The molecule has 0 heterocycles. The highest BCUT2D eigenvalue weighted by molar-refractivity contribution is 5.95. The fourth-order valence-corrected chi connectivity index (χ4v) is 2.09. The highest BCUT2D eigenvalue weighted by Gasteiger charge is 2.15. The van der Waals surface area contributed by atoms with Gasteiger partial charge in [-0.05, 0) is 18.6 Å². The van der Waals surface area contributed by atoms with Crippen molar-refractivity contribution >= 4 is 5.84 Å². The third-order valence-electron chi connectivity index (χ3n) is 3.34. The Hall–Kier alpha value is -1.65. The van der Waals surface area contributed by atoms with E-state index in [2.05, 4.69) is 6.92 Å². The van der Waals surface area contributed by atoms with Crippen molar-refractivity contribution in [3.63, 3.8) is 0 Å². The number of hydrogen-bond acceptors (Lipinski definition) is 2. The van der Waals surface area contributed by atoms with Gasteiger partial charge in [-0.1, -0.05) is 45.4 Å². The summed E-state index contributed by atoms with van der Waals surface area (Å²) >= 11 is 0. The van der Waals surface area contributed by atoms with E-state index >= 15 is 0 Å². The number of rotatable bonds is 10. The first-order valence-corrected chi connectivity index (χ1v) is 7.53. The van der Waals surface area contributed by atoms with Crippen LogP contribution in [0.2, 0.25) is 0 Å². The first kappa shape index (κ1) is 17.4. The smallest absolute Gasteiger partial charge is 0.201 e. The molecule has 0 aliphatic carbocycles. The van der Waals surface area contributed by atoms with Crippen molar-refractivity contribution in [1.82, 2.24) is 0 Å². The summed E-state index contributed by atoms with van der Waals surface area (Å²) in [5, 5.41) is 7.14. The molecule has 0 aliphatic heterocycles. The zero-order valence-electron chi connectivity index (χ0n) is 12.6. The van der Waals surface area contributed by atoms with E-state index in [1.165, 1.54) is 37.8 Å². The second-order valence-corrected chi connectivity index (χ2v) is 5.12. The minimum atomic E-state index is -1.13. The predicted molar refractivity (Wildman–Crippen MR) is 80.9 cm³/mol. The molecular weight excluding hydrogens is 274 g/mol. The number of hydrogen-bond donors (Lipinski definition) is 2. The number of nitrogens with one attached hydrogen (secondary N) is 1. The molecule has 0 aliphatic rings. The van der Waals surface area contributed by atoms with Crippen LogP contribution >= 0.6 is 0 Å². The molecule has 3 N–H and O–H groups in total. The van der Waals surface area contributed by atoms with Gasteiger partial charge < -0.3 is 10.5 Å². The van der Waals surface area contributed by atoms with Gasteiger partial charge in [-0.2, -0.15) is 4.39 Å². The maximum atomic E-state index is 13.7. The molecule has 21 heavy (non-hydrogen) atoms. The number of unbranched alkanes of at least 4 members (excludes halogenated alkanes) is 6. The monoisotopic (exact) mass is 298 g/mol. The molecule has 0 saturated heterocycles. The Kier molecular flexibility index (Phi) is 7.72. The molecule has 0 saturated carbocycles. The van der Waals surface area contributed by atoms with Crippen LogP contribution in [0.1, 0.15) is 57.4 Å². The van der Waals surface area contributed by atoms with Gasteiger partial charge in [0.05, 0.1) is 12.2 Å². The van der Waals surface area contributed by atoms with Crippen molar-refractivity contribution in [2.45, 2.75) is 51.9 Å². The van der Waals surface area contributed by atoms with Crippen molar-refractivity contribution in [1.29, 1.82) is 5.41 Å². The quantitative estimate of drug-likeness (QED) is 0.382. The van der Waals surface area contributed by atoms with Crippen LogP contribution in [0.15, 0.2) is 12.1 Å². The molecule has 0 spiro atoms. The summed E-state index contributed by atoms with van der Waals surface area (Å²) in [6, 6.07) is 2.58. The second kappa shape index (κ2) is 9.32. The van der Waals surface area contributed by atoms with E-state index in [-0.39, 0.29) is 11.3 Å². The van der Waals surface area contributed by atoms with Crippen molar-refractivity contribution in [2.75, 3.05) is 6.61 Å². The standard InChI is InChI=1S/C16H24F2N2O/c1-2-3-4-5-6-7-8-11-21-13-10-9-12(16(19)20)14(17)15(13)18/h9-10H,2-8,11H2,1H3,(H3,19,20). The Labute approximate surface area is 125 Å². The van der Waals surface area contributed by atoms with Crippen molar-refractivity contribution in [3.05, 3.63) is 29.3 Å². The number of nitrogens with two attached hydrogens (primary N) is 1. The zero-order valence-corrected chi connectivity index (χ0v) is 12.6. The van der Waals surface area contributed by atoms with Crippen LogP contribution in [0, 0.1) is 17.0 Å². The third kappa shape index (κ3) is 5.69. The fraction of sp³-hybridized carbons (Fsp3) is 0.562. The Morgan fingerprint density at radius 1 is 1.05 bits per heavy atom. The Bertz CT molecular complexity index is 464. The first-order valence-electron chi connectivity index (χ1n) is 7.53. The van der Waals surface area contributed by atoms with Crippen molar-refractivity contribution in [3.8, 4) is 5.75 Å². The zero-order chi connectivity index (χ0) is 15.7. The Morgan fingerprint density at radius 2 is 1.67 bits per heavy atom. The lowest BCUT2D eigenvalue weighted by Gasteiger charge is -2.09. The highest BCUT2D eigenvalue weighted by Crippen LogP contribution is 2.22. The van der Waals surface area contributed by atoms with Crippen molar-refractivity contribution in [2.24, 2.45) is 5.73 Å². The van der Waals surface area contributed by atoms with Crippen LogP contribution < -0.4 is 10.5 Å². The van der Waals surface area contributed by atoms with Gasteiger partial charge in [0.25, 0.3) is 0 Å². The van der Waals surface area contributed by atoms with Crippen LogP contribution in [0.3, 0.4) is 0 Å². The van der Waals surface area contributed by atoms with Crippen molar-refractivity contribution < 1.29 is 13.5 Å². The number of ether oxygens (including phenoxy) is 1. The summed E-state index contributed by atoms with van der Waals surface area (Å²) in [5.74, 6) is -2.82. The molecule has 1 aromatic carbocycles. The van der Waals surface area contributed by atoms with Crippen LogP contribution in [0.5, 0.6) is 5.75 Å². The van der Waals surface area contributed by atoms with Crippen LogP contribution in [0.25, 0.3) is 0 Å². The summed E-state index contributed by atoms with van der Waals surface area (Å²) in [5.41, 5.74) is 4.92. The molecule has 0 atom stereocenters. The maximum Gasteiger partial charge on any atom is 0.201 e. The molecule has 3 nitrogen and oxygen atoms in total. The molecule has 5 heteroatoms. The van der Waals surface area contributed by atoms with Gasteiger partial charge in [-0.25, -0.2) is 4.39 Å². The average Bonchev–Trinajstić information content (AvgIpc) is 2.45. The largest absolute Gasteiger partial charge is 0.490 e. The van der Waals surface area contributed by atoms with Crippen LogP contribution in [-0.2, 0) is 0 Å². The lowest BCUT2D eigenvalue weighted by molar-refractivity contribution is 0.284. The van der Waals surface area contributed by atoms with E-state index in [9.17, 15) is 8.78 Å². The van der Waals surface area contributed by atoms with Gasteiger partial charge in [0.2, 0.25) is 5.82 Å². The van der Waals surface area contributed by atoms with E-state index in [4.69, 9.17) is 15.9 Å². The van der Waals surface area contributed by atoms with Crippen LogP contribution in [0.4, 0.5) is 8.78 Å². The summed E-state index contributed by atoms with van der Waals surface area (Å²) in [6.07, 6.45) is 7.95. The topological polar surface area (TPSA) is 59.1 Å². The fourth-order valence-electron chi connectivity index (χ4n) is 2.09. The van der Waals surface area contributed by atoms with Gasteiger partial charge in [0.15, 0.2) is 11.6 Å². The molecule has 0 radical (unpaired) electrons. The molecule has 118 valence electrons. The Morgan fingerprint density at radius 3 is 2.29 bits per heavy atom. The summed E-state index contributed by atoms with van der Waals surface area (Å²) < 4.78 is 32.5. The van der Waals surface area contributed by atoms with E-state index in [1.54, 1.807) is 0 Å². The van der Waals surface area contributed by atoms with E-state index in [0.29, 0.717) is 6.61 Å². The van der Waals surface area contributed by atoms with Gasteiger partial charge >= 0.3 is 0 Å². The Balaban J connectivity index is 2.33. The number of halogens is 2. The number of amidine groups is 1. The van der Waals surface area contributed by atoms with Gasteiger partial charge in [0, 0.05) is 0 Å². The van der Waals surface area contributed by atoms with Gasteiger partial charge in [0.1, 0.15) is 5.84 Å². The minimum Gasteiger partial charge on any atom is -0.490 e. The summed E-state index contributed by atoms with van der Waals surface area (Å²) in [6.45, 7) is 2.54. The molecular formula is C16H24F2N2O.